The third-order valence-electron chi connectivity index (χ3n) is 9.24. The first-order chi connectivity index (χ1) is 20.4. The number of esters is 1. The number of amides is 1. The first kappa shape index (κ1) is 32.9. The lowest BCUT2D eigenvalue weighted by Crippen LogP contribution is -2.40. The van der Waals surface area contributed by atoms with E-state index in [9.17, 15) is 9.59 Å². The normalized spacial score (nSPS) is 35.2. The molecule has 0 aromatic heterocycles. The molecule has 0 saturated carbocycles. The molecule has 4 bridgehead atoms. The van der Waals surface area contributed by atoms with Crippen LogP contribution in [0.2, 0.25) is 0 Å². The molecule has 0 radical (unpaired) electrons. The lowest BCUT2D eigenvalue weighted by atomic mass is 9.90. The fraction of sp³-hybridized carbons (Fsp3) is 0.771. The van der Waals surface area contributed by atoms with Gasteiger partial charge in [0.05, 0.1) is 44.1 Å². The molecule has 0 spiro atoms. The zero-order chi connectivity index (χ0) is 29.7. The van der Waals surface area contributed by atoms with Gasteiger partial charge in [0, 0.05) is 31.8 Å². The highest BCUT2D eigenvalue weighted by molar-refractivity contribution is 5.76. The number of ether oxygens (including phenoxy) is 4. The number of unbranched alkanes of at least 4 members (excludes halogenated alkanes) is 3. The van der Waals surface area contributed by atoms with E-state index >= 15 is 0 Å². The summed E-state index contributed by atoms with van der Waals surface area (Å²) < 4.78 is 24.5. The zero-order valence-corrected chi connectivity index (χ0v) is 26.3. The van der Waals surface area contributed by atoms with Crippen molar-refractivity contribution in [2.24, 2.45) is 11.8 Å². The minimum absolute atomic E-state index is 0.0674. The van der Waals surface area contributed by atoms with Crippen LogP contribution in [-0.4, -0.2) is 73.6 Å². The summed E-state index contributed by atoms with van der Waals surface area (Å²) in [6.45, 7) is 9.20. The largest absolute Gasteiger partial charge is 0.457 e. The molecule has 0 aromatic carbocycles. The quantitative estimate of drug-likeness (QED) is 0.188. The smallest absolute Gasteiger partial charge is 0.309 e. The predicted molar refractivity (Wildman–Crippen MR) is 165 cm³/mol. The third-order valence-corrected chi connectivity index (χ3v) is 9.24. The summed E-state index contributed by atoms with van der Waals surface area (Å²) in [4.78, 5) is 27.5. The van der Waals surface area contributed by atoms with Crippen molar-refractivity contribution in [2.45, 2.75) is 135 Å². The maximum atomic E-state index is 13.2. The summed E-state index contributed by atoms with van der Waals surface area (Å²) in [7, 11) is 0. The highest BCUT2D eigenvalue weighted by Crippen LogP contribution is 2.33. The number of nitrogens with zero attached hydrogens (tertiary/aromatic N) is 1. The van der Waals surface area contributed by atoms with Crippen molar-refractivity contribution >= 4 is 11.9 Å². The monoisotopic (exact) mass is 585 g/mol. The first-order valence-corrected chi connectivity index (χ1v) is 16.7. The van der Waals surface area contributed by atoms with Crippen molar-refractivity contribution in [2.75, 3.05) is 26.3 Å². The summed E-state index contributed by atoms with van der Waals surface area (Å²) in [5, 5.41) is 0. The van der Waals surface area contributed by atoms with E-state index in [2.05, 4.69) is 51.2 Å². The van der Waals surface area contributed by atoms with E-state index in [1.54, 1.807) is 0 Å². The molecule has 0 N–H and O–H groups in total. The molecule has 1 amide bonds. The van der Waals surface area contributed by atoms with Crippen molar-refractivity contribution in [1.82, 2.24) is 4.90 Å². The Morgan fingerprint density at radius 2 is 1.67 bits per heavy atom. The van der Waals surface area contributed by atoms with Gasteiger partial charge in [0.15, 0.2) is 0 Å². The number of hydrogen-bond donors (Lipinski definition) is 0. The number of hydrogen-bond acceptors (Lipinski definition) is 6. The van der Waals surface area contributed by atoms with Gasteiger partial charge in [-0.1, -0.05) is 50.1 Å². The lowest BCUT2D eigenvalue weighted by Gasteiger charge is -2.37. The van der Waals surface area contributed by atoms with E-state index in [4.69, 9.17) is 18.9 Å². The van der Waals surface area contributed by atoms with Gasteiger partial charge in [-0.25, -0.2) is 0 Å². The molecule has 7 atom stereocenters. The van der Waals surface area contributed by atoms with Crippen LogP contribution in [-0.2, 0) is 28.5 Å². The SMILES string of the molecule is C/C=C1\CC2CC(=O)OC(/C=C/CCCCCC(=O)N3CCOCC3)C(C)/C=C/C(C)CC3CCCC(CC(C1)O2)O3. The summed E-state index contributed by atoms with van der Waals surface area (Å²) in [5.74, 6) is 0.514. The maximum Gasteiger partial charge on any atom is 0.309 e. The van der Waals surface area contributed by atoms with Gasteiger partial charge >= 0.3 is 5.97 Å². The van der Waals surface area contributed by atoms with E-state index in [1.165, 1.54) is 12.0 Å². The topological polar surface area (TPSA) is 74.3 Å². The molecule has 0 aromatic rings. The number of cyclic esters (lactones) is 1. The van der Waals surface area contributed by atoms with Gasteiger partial charge in [-0.15, -0.1) is 0 Å². The number of allylic oxidation sites excluding steroid dienone is 3. The Bertz CT molecular complexity index is 938. The van der Waals surface area contributed by atoms with E-state index < -0.39 is 0 Å². The van der Waals surface area contributed by atoms with Crippen LogP contribution in [0.1, 0.15) is 104 Å². The molecular weight excluding hydrogens is 530 g/mol. The van der Waals surface area contributed by atoms with Gasteiger partial charge < -0.3 is 23.8 Å². The average Bonchev–Trinajstić information content (AvgIpc) is 2.98. The molecule has 4 aliphatic rings. The number of rotatable bonds is 7. The summed E-state index contributed by atoms with van der Waals surface area (Å²) in [5.41, 5.74) is 1.37. The van der Waals surface area contributed by atoms with Crippen LogP contribution >= 0.6 is 0 Å². The van der Waals surface area contributed by atoms with Crippen molar-refractivity contribution in [1.29, 1.82) is 0 Å². The van der Waals surface area contributed by atoms with Gasteiger partial charge in [0.25, 0.3) is 0 Å². The van der Waals surface area contributed by atoms with Crippen molar-refractivity contribution in [3.63, 3.8) is 0 Å². The highest BCUT2D eigenvalue weighted by Gasteiger charge is 2.32. The molecule has 7 nitrogen and oxygen atoms in total. The summed E-state index contributed by atoms with van der Waals surface area (Å²) >= 11 is 0. The zero-order valence-electron chi connectivity index (χ0n) is 26.3. The number of morpholine rings is 1. The van der Waals surface area contributed by atoms with Crippen LogP contribution in [0.5, 0.6) is 0 Å². The van der Waals surface area contributed by atoms with Gasteiger partial charge in [-0.3, -0.25) is 9.59 Å². The van der Waals surface area contributed by atoms with E-state index in [1.807, 2.05) is 4.90 Å². The van der Waals surface area contributed by atoms with E-state index in [-0.39, 0.29) is 48.6 Å². The van der Waals surface area contributed by atoms with Crippen molar-refractivity contribution in [3.05, 3.63) is 36.0 Å². The molecule has 7 heteroatoms. The van der Waals surface area contributed by atoms with Crippen LogP contribution < -0.4 is 0 Å². The Morgan fingerprint density at radius 1 is 0.929 bits per heavy atom. The molecule has 4 rings (SSSR count). The molecule has 4 heterocycles. The van der Waals surface area contributed by atoms with Crippen LogP contribution in [0.15, 0.2) is 36.0 Å². The number of fused-ring (bicyclic) bond motifs is 4. The summed E-state index contributed by atoms with van der Waals surface area (Å²) in [6, 6.07) is 0. The number of carbonyl (C=O) groups is 2. The summed E-state index contributed by atoms with van der Waals surface area (Å²) in [6.07, 6.45) is 22.8. The predicted octanol–water partition coefficient (Wildman–Crippen LogP) is 6.71. The second-order valence-corrected chi connectivity index (χ2v) is 12.9. The Labute approximate surface area is 254 Å². The maximum absolute atomic E-state index is 13.2. The molecule has 3 fully saturated rings. The van der Waals surface area contributed by atoms with Gasteiger partial charge in [-0.2, -0.15) is 0 Å². The molecular formula is C35H55NO6. The Morgan fingerprint density at radius 3 is 2.45 bits per heavy atom. The molecule has 3 saturated heterocycles. The minimum atomic E-state index is -0.312. The Kier molecular flexibility index (Phi) is 13.6. The van der Waals surface area contributed by atoms with Gasteiger partial charge in [0.1, 0.15) is 6.10 Å². The Balaban J connectivity index is 1.33. The average molecular weight is 586 g/mol. The van der Waals surface area contributed by atoms with Gasteiger partial charge in [0.2, 0.25) is 5.91 Å². The van der Waals surface area contributed by atoms with Crippen molar-refractivity contribution < 1.29 is 28.5 Å². The van der Waals surface area contributed by atoms with Crippen LogP contribution in [0.3, 0.4) is 0 Å². The highest BCUT2D eigenvalue weighted by atomic mass is 16.6. The molecule has 4 aliphatic heterocycles. The standard InChI is InChI=1S/C35H55NO6/c1-4-28-22-31-24-30-12-10-11-29(40-30)21-26(2)15-16-27(3)33(42-35(38)25-32(23-28)41-31)13-8-6-5-7-9-14-34(37)36-17-19-39-20-18-36/h4,8,13,15-16,26-27,29-33H,5-7,9-12,14,17-25H2,1-3H3/b13-8+,16-15+,28-4-. The molecule has 7 unspecified atom stereocenters. The second kappa shape index (κ2) is 17.4. The van der Waals surface area contributed by atoms with E-state index in [0.717, 1.165) is 64.2 Å². The second-order valence-electron chi connectivity index (χ2n) is 12.9. The first-order valence-electron chi connectivity index (χ1n) is 16.7. The van der Waals surface area contributed by atoms with Crippen molar-refractivity contribution in [3.8, 4) is 0 Å². The lowest BCUT2D eigenvalue weighted by molar-refractivity contribution is -0.154. The van der Waals surface area contributed by atoms with Crippen LogP contribution in [0.25, 0.3) is 0 Å². The minimum Gasteiger partial charge on any atom is -0.457 e. The van der Waals surface area contributed by atoms with Gasteiger partial charge in [-0.05, 0) is 76.7 Å². The third kappa shape index (κ3) is 10.9. The fourth-order valence-electron chi connectivity index (χ4n) is 6.74. The Hall–Kier alpha value is -1.96. The number of carbonyl (C=O) groups excluding carboxylic acids is 2. The van der Waals surface area contributed by atoms with E-state index in [0.29, 0.717) is 44.7 Å². The molecule has 236 valence electrons. The van der Waals surface area contributed by atoms with Crippen LogP contribution in [0.4, 0.5) is 0 Å². The van der Waals surface area contributed by atoms with Crippen LogP contribution in [0, 0.1) is 11.8 Å². The fourth-order valence-corrected chi connectivity index (χ4v) is 6.74. The molecule has 0 aliphatic carbocycles. The molecule has 42 heavy (non-hydrogen) atoms.